The molecule has 1 rings (SSSR count). The molecule has 0 aliphatic rings. The van der Waals surface area contributed by atoms with Gasteiger partial charge in [-0.15, -0.1) is 0 Å². The maximum atomic E-state index is 10.9. The lowest BCUT2D eigenvalue weighted by Gasteiger charge is -2.01. The van der Waals surface area contributed by atoms with Crippen molar-refractivity contribution in [2.24, 2.45) is 0 Å². The van der Waals surface area contributed by atoms with E-state index in [4.69, 9.17) is 5.73 Å². The number of hydrogen-bond acceptors (Lipinski definition) is 3. The van der Waals surface area contributed by atoms with E-state index in [-0.39, 0.29) is 5.75 Å². The zero-order chi connectivity index (χ0) is 10.6. The molecule has 1 aromatic carbocycles. The minimum Gasteiger partial charge on any atom is -0.399 e. The van der Waals surface area contributed by atoms with E-state index in [1.54, 1.807) is 0 Å². The van der Waals surface area contributed by atoms with Crippen LogP contribution >= 0.6 is 0 Å². The Hall–Kier alpha value is -1.03. The fraction of sp³-hybridized carbons (Fsp3) is 0.400. The lowest BCUT2D eigenvalue weighted by atomic mass is 10.1. The van der Waals surface area contributed by atoms with Gasteiger partial charge in [0.1, 0.15) is 9.84 Å². The predicted molar refractivity (Wildman–Crippen MR) is 58.9 cm³/mol. The first-order valence-electron chi connectivity index (χ1n) is 4.49. The van der Waals surface area contributed by atoms with Gasteiger partial charge in [-0.2, -0.15) is 0 Å². The second-order valence-electron chi connectivity index (χ2n) is 3.48. The third-order valence-corrected chi connectivity index (χ3v) is 2.96. The molecule has 0 amide bonds. The van der Waals surface area contributed by atoms with Crippen molar-refractivity contribution in [3.05, 3.63) is 29.8 Å². The van der Waals surface area contributed by atoms with Gasteiger partial charge in [-0.25, -0.2) is 8.42 Å². The van der Waals surface area contributed by atoms with E-state index >= 15 is 0 Å². The van der Waals surface area contributed by atoms with Gasteiger partial charge < -0.3 is 5.73 Å². The van der Waals surface area contributed by atoms with Crippen LogP contribution in [0.25, 0.3) is 0 Å². The van der Waals surface area contributed by atoms with Crippen LogP contribution in [0.2, 0.25) is 0 Å². The van der Waals surface area contributed by atoms with Crippen LogP contribution in [-0.4, -0.2) is 20.4 Å². The monoisotopic (exact) mass is 213 g/mol. The summed E-state index contributed by atoms with van der Waals surface area (Å²) in [4.78, 5) is 0. The van der Waals surface area contributed by atoms with Crippen LogP contribution < -0.4 is 5.73 Å². The summed E-state index contributed by atoms with van der Waals surface area (Å²) in [5.74, 6) is 0.238. The van der Waals surface area contributed by atoms with Crippen molar-refractivity contribution < 1.29 is 8.42 Å². The summed E-state index contributed by atoms with van der Waals surface area (Å²) in [5, 5.41) is 0. The Morgan fingerprint density at radius 1 is 1.36 bits per heavy atom. The number of sulfone groups is 1. The van der Waals surface area contributed by atoms with Crippen LogP contribution in [0.1, 0.15) is 12.0 Å². The van der Waals surface area contributed by atoms with Gasteiger partial charge in [0.05, 0.1) is 5.75 Å². The van der Waals surface area contributed by atoms with Crippen LogP contribution in [-0.2, 0) is 16.3 Å². The lowest BCUT2D eigenvalue weighted by Crippen LogP contribution is -2.04. The van der Waals surface area contributed by atoms with Gasteiger partial charge in [0.15, 0.2) is 0 Å². The summed E-state index contributed by atoms with van der Waals surface area (Å²) in [5.41, 5.74) is 7.41. The van der Waals surface area contributed by atoms with E-state index in [9.17, 15) is 8.42 Å². The Balaban J connectivity index is 2.47. The highest BCUT2D eigenvalue weighted by molar-refractivity contribution is 7.90. The second-order valence-corrected chi connectivity index (χ2v) is 5.74. The third kappa shape index (κ3) is 4.28. The quantitative estimate of drug-likeness (QED) is 0.766. The molecule has 0 spiro atoms. The molecule has 78 valence electrons. The van der Waals surface area contributed by atoms with Gasteiger partial charge in [0.25, 0.3) is 0 Å². The molecular formula is C10H15NO2S. The standard InChI is InChI=1S/C10H15NO2S/c1-14(12,13)7-3-5-9-4-2-6-10(11)8-9/h2,4,6,8H,3,5,7,11H2,1H3. The SMILES string of the molecule is CS(=O)(=O)CCCc1cccc(N)c1. The van der Waals surface area contributed by atoms with Gasteiger partial charge >= 0.3 is 0 Å². The van der Waals surface area contributed by atoms with Gasteiger partial charge in [0.2, 0.25) is 0 Å². The molecule has 0 aromatic heterocycles. The number of nitrogen functional groups attached to an aromatic ring is 1. The maximum Gasteiger partial charge on any atom is 0.147 e. The Labute approximate surface area is 84.9 Å². The fourth-order valence-corrected chi connectivity index (χ4v) is 1.96. The molecule has 0 saturated carbocycles. The van der Waals surface area contributed by atoms with E-state index in [2.05, 4.69) is 0 Å². The highest BCUT2D eigenvalue weighted by Crippen LogP contribution is 2.09. The molecule has 0 bridgehead atoms. The molecule has 0 heterocycles. The number of nitrogens with two attached hydrogens (primary N) is 1. The molecule has 4 heteroatoms. The topological polar surface area (TPSA) is 60.2 Å². The average molecular weight is 213 g/mol. The highest BCUT2D eigenvalue weighted by Gasteiger charge is 2.01. The van der Waals surface area contributed by atoms with Crippen molar-refractivity contribution in [1.82, 2.24) is 0 Å². The van der Waals surface area contributed by atoms with Crippen molar-refractivity contribution in [1.29, 1.82) is 0 Å². The maximum absolute atomic E-state index is 10.9. The summed E-state index contributed by atoms with van der Waals surface area (Å²) in [6.07, 6.45) is 2.67. The lowest BCUT2D eigenvalue weighted by molar-refractivity contribution is 0.599. The van der Waals surface area contributed by atoms with Crippen molar-refractivity contribution >= 4 is 15.5 Å². The van der Waals surface area contributed by atoms with Crippen molar-refractivity contribution in [2.45, 2.75) is 12.8 Å². The van der Waals surface area contributed by atoms with Crippen LogP contribution in [0.3, 0.4) is 0 Å². The first kappa shape index (κ1) is 11.0. The number of hydrogen-bond donors (Lipinski definition) is 1. The highest BCUT2D eigenvalue weighted by atomic mass is 32.2. The number of benzene rings is 1. The molecule has 0 saturated heterocycles. The summed E-state index contributed by atoms with van der Waals surface area (Å²) >= 11 is 0. The number of aryl methyl sites for hydroxylation is 1. The smallest absolute Gasteiger partial charge is 0.147 e. The normalized spacial score (nSPS) is 11.5. The van der Waals surface area contributed by atoms with Gasteiger partial charge in [-0.3, -0.25) is 0 Å². The number of anilines is 1. The van der Waals surface area contributed by atoms with Crippen molar-refractivity contribution in [3.63, 3.8) is 0 Å². The molecule has 0 aliphatic carbocycles. The average Bonchev–Trinajstić information content (AvgIpc) is 2.01. The largest absolute Gasteiger partial charge is 0.399 e. The Kier molecular flexibility index (Phi) is 3.52. The summed E-state index contributed by atoms with van der Waals surface area (Å²) in [7, 11) is -2.84. The molecule has 3 nitrogen and oxygen atoms in total. The molecule has 0 fully saturated rings. The Morgan fingerprint density at radius 3 is 2.64 bits per heavy atom. The molecule has 0 aliphatic heterocycles. The first-order chi connectivity index (χ1) is 6.47. The summed E-state index contributed by atoms with van der Waals surface area (Å²) in [6.45, 7) is 0. The Morgan fingerprint density at radius 2 is 2.07 bits per heavy atom. The summed E-state index contributed by atoms with van der Waals surface area (Å²) in [6, 6.07) is 7.53. The fourth-order valence-electron chi connectivity index (χ4n) is 1.29. The molecular weight excluding hydrogens is 198 g/mol. The molecule has 2 N–H and O–H groups in total. The van der Waals surface area contributed by atoms with Crippen LogP contribution in [0.5, 0.6) is 0 Å². The van der Waals surface area contributed by atoms with E-state index < -0.39 is 9.84 Å². The van der Waals surface area contributed by atoms with E-state index in [1.807, 2.05) is 24.3 Å². The predicted octanol–water partition coefficient (Wildman–Crippen LogP) is 1.25. The Bertz CT molecular complexity index is 398. The van der Waals surface area contributed by atoms with Crippen molar-refractivity contribution in [2.75, 3.05) is 17.7 Å². The molecule has 1 aromatic rings. The minimum atomic E-state index is -2.84. The zero-order valence-electron chi connectivity index (χ0n) is 8.23. The van der Waals surface area contributed by atoms with Gasteiger partial charge in [-0.05, 0) is 30.5 Å². The molecule has 0 unspecified atom stereocenters. The van der Waals surface area contributed by atoms with E-state index in [0.717, 1.165) is 17.7 Å². The molecule has 14 heavy (non-hydrogen) atoms. The van der Waals surface area contributed by atoms with Crippen LogP contribution in [0.4, 0.5) is 5.69 Å². The van der Waals surface area contributed by atoms with E-state index in [1.165, 1.54) is 6.26 Å². The summed E-state index contributed by atoms with van der Waals surface area (Å²) < 4.78 is 21.7. The van der Waals surface area contributed by atoms with Crippen LogP contribution in [0, 0.1) is 0 Å². The van der Waals surface area contributed by atoms with Gasteiger partial charge in [-0.1, -0.05) is 12.1 Å². The first-order valence-corrected chi connectivity index (χ1v) is 6.55. The minimum absolute atomic E-state index is 0.238. The number of rotatable bonds is 4. The van der Waals surface area contributed by atoms with Crippen LogP contribution in [0.15, 0.2) is 24.3 Å². The zero-order valence-corrected chi connectivity index (χ0v) is 9.05. The second kappa shape index (κ2) is 4.46. The molecule has 0 radical (unpaired) electrons. The van der Waals surface area contributed by atoms with Crippen molar-refractivity contribution in [3.8, 4) is 0 Å². The van der Waals surface area contributed by atoms with Gasteiger partial charge in [0, 0.05) is 11.9 Å². The third-order valence-electron chi connectivity index (χ3n) is 1.93. The van der Waals surface area contributed by atoms with E-state index in [0.29, 0.717) is 6.42 Å². The molecule has 0 atom stereocenters.